The van der Waals surface area contributed by atoms with Crippen LogP contribution in [0.1, 0.15) is 21.5 Å². The molecule has 1 amide bonds. The Balaban J connectivity index is 1.73. The van der Waals surface area contributed by atoms with Gasteiger partial charge in [-0.2, -0.15) is 0 Å². The predicted octanol–water partition coefficient (Wildman–Crippen LogP) is 5.10. The highest BCUT2D eigenvalue weighted by Gasteiger charge is 2.16. The van der Waals surface area contributed by atoms with Gasteiger partial charge in [0.1, 0.15) is 5.82 Å². The van der Waals surface area contributed by atoms with Gasteiger partial charge in [-0.15, -0.1) is 0 Å². The Hall–Kier alpha value is -3.40. The van der Waals surface area contributed by atoms with Crippen molar-refractivity contribution >= 4 is 22.6 Å². The highest BCUT2D eigenvalue weighted by Crippen LogP contribution is 2.25. The average Bonchev–Trinajstić information content (AvgIpc) is 3.09. The van der Waals surface area contributed by atoms with Gasteiger partial charge in [0, 0.05) is 11.3 Å². The van der Waals surface area contributed by atoms with Crippen molar-refractivity contribution in [1.29, 1.82) is 0 Å². The summed E-state index contributed by atoms with van der Waals surface area (Å²) >= 11 is 0. The second-order valence-electron chi connectivity index (χ2n) is 6.42. The zero-order valence-corrected chi connectivity index (χ0v) is 14.7. The molecular weight excluding hydrogens is 322 g/mol. The summed E-state index contributed by atoms with van der Waals surface area (Å²) in [6.45, 7) is 4.00. The molecule has 2 N–H and O–H groups in total. The van der Waals surface area contributed by atoms with Gasteiger partial charge >= 0.3 is 0 Å². The van der Waals surface area contributed by atoms with E-state index in [0.717, 1.165) is 33.4 Å². The van der Waals surface area contributed by atoms with Crippen molar-refractivity contribution in [1.82, 2.24) is 9.97 Å². The van der Waals surface area contributed by atoms with Gasteiger partial charge in [0.2, 0.25) is 0 Å². The molecule has 1 heterocycles. The molecule has 26 heavy (non-hydrogen) atoms. The summed E-state index contributed by atoms with van der Waals surface area (Å²) in [7, 11) is 0. The standard InChI is InChI=1S/C22H19N3O/c1-14-11-12-15(2)20(13-14)25-22(26)17-8-4-3-7-16(17)21-23-18-9-5-6-10-19(18)24-21/h3-13H,1-2H3,(H,23,24)(H,25,26). The third-order valence-electron chi connectivity index (χ3n) is 4.46. The summed E-state index contributed by atoms with van der Waals surface area (Å²) in [6, 6.07) is 21.4. The van der Waals surface area contributed by atoms with E-state index >= 15 is 0 Å². The van der Waals surface area contributed by atoms with E-state index in [4.69, 9.17) is 0 Å². The van der Waals surface area contributed by atoms with Crippen molar-refractivity contribution in [3.63, 3.8) is 0 Å². The molecule has 0 aliphatic heterocycles. The van der Waals surface area contributed by atoms with Crippen LogP contribution < -0.4 is 5.32 Å². The van der Waals surface area contributed by atoms with Crippen LogP contribution in [0, 0.1) is 13.8 Å². The summed E-state index contributed by atoms with van der Waals surface area (Å²) < 4.78 is 0. The molecule has 4 nitrogen and oxygen atoms in total. The molecule has 0 bridgehead atoms. The van der Waals surface area contributed by atoms with Crippen molar-refractivity contribution in [2.45, 2.75) is 13.8 Å². The lowest BCUT2D eigenvalue weighted by molar-refractivity contribution is 0.102. The number of aromatic nitrogens is 2. The van der Waals surface area contributed by atoms with Crippen molar-refractivity contribution in [2.75, 3.05) is 5.32 Å². The van der Waals surface area contributed by atoms with Crippen LogP contribution in [0.3, 0.4) is 0 Å². The number of amides is 1. The number of carbonyl (C=O) groups excluding carboxylic acids is 1. The zero-order valence-electron chi connectivity index (χ0n) is 14.7. The Morgan fingerprint density at radius 2 is 1.73 bits per heavy atom. The maximum Gasteiger partial charge on any atom is 0.256 e. The summed E-state index contributed by atoms with van der Waals surface area (Å²) in [5, 5.41) is 3.03. The van der Waals surface area contributed by atoms with Crippen molar-refractivity contribution in [3.8, 4) is 11.4 Å². The van der Waals surface area contributed by atoms with Crippen LogP contribution in [0.2, 0.25) is 0 Å². The second kappa shape index (κ2) is 6.48. The molecule has 0 saturated heterocycles. The minimum Gasteiger partial charge on any atom is -0.338 e. The number of rotatable bonds is 3. The van der Waals surface area contributed by atoms with Gasteiger partial charge < -0.3 is 10.3 Å². The topological polar surface area (TPSA) is 57.8 Å². The minimum absolute atomic E-state index is 0.144. The van der Waals surface area contributed by atoms with Crippen LogP contribution in [0.5, 0.6) is 0 Å². The van der Waals surface area contributed by atoms with Gasteiger partial charge in [0.05, 0.1) is 16.6 Å². The SMILES string of the molecule is Cc1ccc(C)c(NC(=O)c2ccccc2-c2nc3ccccc3[nH]2)c1. The maximum absolute atomic E-state index is 12.9. The first-order valence-corrected chi connectivity index (χ1v) is 8.54. The number of aromatic amines is 1. The number of nitrogens with zero attached hydrogens (tertiary/aromatic N) is 1. The van der Waals surface area contributed by atoms with Gasteiger partial charge in [0.15, 0.2) is 0 Å². The van der Waals surface area contributed by atoms with E-state index < -0.39 is 0 Å². The molecule has 4 rings (SSSR count). The Morgan fingerprint density at radius 1 is 0.962 bits per heavy atom. The number of para-hydroxylation sites is 2. The van der Waals surface area contributed by atoms with Crippen molar-refractivity contribution < 1.29 is 4.79 Å². The molecule has 0 aliphatic carbocycles. The largest absolute Gasteiger partial charge is 0.338 e. The van der Waals surface area contributed by atoms with Crippen LogP contribution in [0.4, 0.5) is 5.69 Å². The fraction of sp³-hybridized carbons (Fsp3) is 0.0909. The molecular formula is C22H19N3O. The molecule has 0 fully saturated rings. The summed E-state index contributed by atoms with van der Waals surface area (Å²) in [5.74, 6) is 0.549. The average molecular weight is 341 g/mol. The number of carbonyl (C=O) groups is 1. The Morgan fingerprint density at radius 3 is 2.58 bits per heavy atom. The van der Waals surface area contributed by atoms with E-state index in [0.29, 0.717) is 11.4 Å². The van der Waals surface area contributed by atoms with E-state index in [2.05, 4.69) is 15.3 Å². The van der Waals surface area contributed by atoms with E-state index in [-0.39, 0.29) is 5.91 Å². The van der Waals surface area contributed by atoms with Crippen LogP contribution in [0.15, 0.2) is 66.7 Å². The lowest BCUT2D eigenvalue weighted by Gasteiger charge is -2.11. The molecule has 128 valence electrons. The van der Waals surface area contributed by atoms with Crippen LogP contribution in [-0.4, -0.2) is 15.9 Å². The van der Waals surface area contributed by atoms with E-state index in [1.54, 1.807) is 0 Å². The van der Waals surface area contributed by atoms with E-state index in [1.165, 1.54) is 0 Å². The molecule has 0 spiro atoms. The molecule has 0 unspecified atom stereocenters. The fourth-order valence-electron chi connectivity index (χ4n) is 3.03. The highest BCUT2D eigenvalue weighted by molar-refractivity contribution is 6.08. The van der Waals surface area contributed by atoms with Gasteiger partial charge in [0.25, 0.3) is 5.91 Å². The van der Waals surface area contributed by atoms with Crippen molar-refractivity contribution in [2.24, 2.45) is 0 Å². The van der Waals surface area contributed by atoms with Crippen LogP contribution in [0.25, 0.3) is 22.4 Å². The van der Waals surface area contributed by atoms with Crippen LogP contribution >= 0.6 is 0 Å². The lowest BCUT2D eigenvalue weighted by atomic mass is 10.1. The molecule has 0 radical (unpaired) electrons. The number of benzene rings is 3. The third kappa shape index (κ3) is 2.97. The number of aryl methyl sites for hydroxylation is 2. The summed E-state index contributed by atoms with van der Waals surface area (Å²) in [4.78, 5) is 20.9. The molecule has 1 aromatic heterocycles. The number of anilines is 1. The number of nitrogens with one attached hydrogen (secondary N) is 2. The first-order valence-electron chi connectivity index (χ1n) is 8.54. The second-order valence-corrected chi connectivity index (χ2v) is 6.42. The first kappa shape index (κ1) is 16.1. The predicted molar refractivity (Wildman–Crippen MR) is 105 cm³/mol. The molecule has 4 heteroatoms. The number of hydrogen-bond acceptors (Lipinski definition) is 2. The third-order valence-corrected chi connectivity index (χ3v) is 4.46. The molecule has 0 saturated carbocycles. The number of hydrogen-bond donors (Lipinski definition) is 2. The number of imidazole rings is 1. The van der Waals surface area contributed by atoms with Gasteiger partial charge in [-0.3, -0.25) is 4.79 Å². The van der Waals surface area contributed by atoms with E-state index in [1.807, 2.05) is 80.6 Å². The van der Waals surface area contributed by atoms with Gasteiger partial charge in [-0.1, -0.05) is 42.5 Å². The molecule has 4 aromatic rings. The smallest absolute Gasteiger partial charge is 0.256 e. The monoisotopic (exact) mass is 341 g/mol. The Kier molecular flexibility index (Phi) is 4.01. The van der Waals surface area contributed by atoms with Crippen molar-refractivity contribution in [3.05, 3.63) is 83.4 Å². The molecule has 0 atom stereocenters. The Labute approximate surface area is 151 Å². The Bertz CT molecular complexity index is 1080. The normalized spacial score (nSPS) is 10.8. The lowest BCUT2D eigenvalue weighted by Crippen LogP contribution is -2.14. The molecule has 3 aromatic carbocycles. The van der Waals surface area contributed by atoms with Gasteiger partial charge in [-0.05, 0) is 49.2 Å². The fourth-order valence-corrected chi connectivity index (χ4v) is 3.03. The highest BCUT2D eigenvalue weighted by atomic mass is 16.1. The summed E-state index contributed by atoms with van der Waals surface area (Å²) in [6.07, 6.45) is 0. The maximum atomic E-state index is 12.9. The minimum atomic E-state index is -0.144. The number of fused-ring (bicyclic) bond motifs is 1. The number of H-pyrrole nitrogens is 1. The molecule has 0 aliphatic rings. The first-order chi connectivity index (χ1) is 12.6. The van der Waals surface area contributed by atoms with Gasteiger partial charge in [-0.25, -0.2) is 4.98 Å². The van der Waals surface area contributed by atoms with E-state index in [9.17, 15) is 4.79 Å². The quantitative estimate of drug-likeness (QED) is 0.545. The van der Waals surface area contributed by atoms with Crippen LogP contribution in [-0.2, 0) is 0 Å². The summed E-state index contributed by atoms with van der Waals surface area (Å²) in [5.41, 5.74) is 6.18. The zero-order chi connectivity index (χ0) is 18.1.